The van der Waals surface area contributed by atoms with Gasteiger partial charge in [-0.15, -0.1) is 0 Å². The Morgan fingerprint density at radius 1 is 1.38 bits per heavy atom. The summed E-state index contributed by atoms with van der Waals surface area (Å²) in [5, 5.41) is 2.93. The Morgan fingerprint density at radius 2 is 2.19 bits per heavy atom. The number of carbonyl (C=O) groups excluding carboxylic acids is 1. The number of H-pyrrole nitrogens is 3. The van der Waals surface area contributed by atoms with Crippen LogP contribution in [0.1, 0.15) is 11.4 Å². The van der Waals surface area contributed by atoms with Gasteiger partial charge >= 0.3 is 11.7 Å². The van der Waals surface area contributed by atoms with Crippen molar-refractivity contribution in [1.29, 1.82) is 0 Å². The van der Waals surface area contributed by atoms with Crippen molar-refractivity contribution >= 4 is 5.97 Å². The van der Waals surface area contributed by atoms with Gasteiger partial charge in [-0.2, -0.15) is 0 Å². The summed E-state index contributed by atoms with van der Waals surface area (Å²) in [4.78, 5) is 45.4. The molecule has 21 heavy (non-hydrogen) atoms. The first-order valence-electron chi connectivity index (χ1n) is 6.19. The lowest BCUT2D eigenvalue weighted by Gasteiger charge is -2.15. The van der Waals surface area contributed by atoms with Crippen molar-refractivity contribution in [2.75, 3.05) is 7.11 Å². The van der Waals surface area contributed by atoms with Crippen LogP contribution in [0.3, 0.4) is 0 Å². The zero-order valence-corrected chi connectivity index (χ0v) is 11.3. The minimum Gasteiger partial charge on any atom is -0.468 e. The highest BCUT2D eigenvalue weighted by molar-refractivity contribution is 5.75. The number of hydrogen-bond donors (Lipinski definition) is 4. The van der Waals surface area contributed by atoms with Crippen LogP contribution in [-0.2, 0) is 22.5 Å². The molecule has 112 valence electrons. The number of nitrogens with one attached hydrogen (secondary N) is 4. The van der Waals surface area contributed by atoms with E-state index < -0.39 is 23.3 Å². The summed E-state index contributed by atoms with van der Waals surface area (Å²) in [6, 6.07) is 0.622. The van der Waals surface area contributed by atoms with Crippen molar-refractivity contribution < 1.29 is 9.53 Å². The molecule has 0 saturated heterocycles. The van der Waals surface area contributed by atoms with Gasteiger partial charge in [0.2, 0.25) is 0 Å². The third-order valence-electron chi connectivity index (χ3n) is 2.82. The van der Waals surface area contributed by atoms with E-state index in [0.717, 1.165) is 5.69 Å². The fraction of sp³-hybridized carbons (Fsp3) is 0.333. The Kier molecular flexibility index (Phi) is 4.67. The number of ether oxygens (including phenoxy) is 1. The van der Waals surface area contributed by atoms with Crippen LogP contribution in [0.25, 0.3) is 0 Å². The number of methoxy groups -OCH3 is 1. The number of aromatic nitrogens is 4. The summed E-state index contributed by atoms with van der Waals surface area (Å²) in [7, 11) is 1.29. The zero-order valence-electron chi connectivity index (χ0n) is 11.3. The van der Waals surface area contributed by atoms with Gasteiger partial charge in [0.05, 0.1) is 13.4 Å². The number of hydrogen-bond acceptors (Lipinski definition) is 6. The summed E-state index contributed by atoms with van der Waals surface area (Å²) >= 11 is 0. The maximum atomic E-state index is 11.7. The molecule has 0 aliphatic carbocycles. The quantitative estimate of drug-likeness (QED) is 0.487. The second-order valence-electron chi connectivity index (χ2n) is 4.35. The molecule has 2 aromatic heterocycles. The molecule has 2 heterocycles. The third-order valence-corrected chi connectivity index (χ3v) is 2.82. The Balaban J connectivity index is 2.06. The maximum absolute atomic E-state index is 11.7. The summed E-state index contributed by atoms with van der Waals surface area (Å²) in [5.74, 6) is -0.447. The van der Waals surface area contributed by atoms with Gasteiger partial charge in [0, 0.05) is 36.6 Å². The van der Waals surface area contributed by atoms with E-state index in [1.807, 2.05) is 0 Å². The molecule has 0 aliphatic heterocycles. The van der Waals surface area contributed by atoms with Crippen LogP contribution >= 0.6 is 0 Å². The Morgan fingerprint density at radius 3 is 2.81 bits per heavy atom. The first-order chi connectivity index (χ1) is 10.1. The highest BCUT2D eigenvalue weighted by Crippen LogP contribution is 2.01. The molecule has 2 aromatic rings. The molecule has 0 bridgehead atoms. The van der Waals surface area contributed by atoms with Gasteiger partial charge in [0.25, 0.3) is 5.56 Å². The van der Waals surface area contributed by atoms with E-state index in [2.05, 4.69) is 25.3 Å². The Hall–Kier alpha value is -2.68. The second-order valence-corrected chi connectivity index (χ2v) is 4.35. The molecule has 0 unspecified atom stereocenters. The fourth-order valence-corrected chi connectivity index (χ4v) is 1.85. The normalized spacial score (nSPS) is 12.0. The molecule has 0 aromatic carbocycles. The van der Waals surface area contributed by atoms with E-state index >= 15 is 0 Å². The molecule has 9 nitrogen and oxygen atoms in total. The number of nitrogens with zero attached hydrogens (tertiary/aromatic N) is 1. The van der Waals surface area contributed by atoms with Crippen LogP contribution in [0, 0.1) is 0 Å². The molecule has 9 heteroatoms. The van der Waals surface area contributed by atoms with Crippen LogP contribution in [0.4, 0.5) is 0 Å². The van der Waals surface area contributed by atoms with Crippen molar-refractivity contribution in [2.45, 2.75) is 19.0 Å². The minimum absolute atomic E-state index is 0.146. The largest absolute Gasteiger partial charge is 0.468 e. The van der Waals surface area contributed by atoms with Crippen molar-refractivity contribution in [3.05, 3.63) is 50.8 Å². The van der Waals surface area contributed by atoms with Gasteiger partial charge in [-0.05, 0) is 0 Å². The maximum Gasteiger partial charge on any atom is 0.325 e. The number of aromatic amines is 3. The molecule has 0 amide bonds. The molecule has 4 N–H and O–H groups in total. The molecule has 0 saturated carbocycles. The van der Waals surface area contributed by atoms with E-state index in [1.54, 1.807) is 6.20 Å². The zero-order chi connectivity index (χ0) is 15.2. The standard InChI is InChI=1S/C12H15N5O4/c1-21-11(19)9(2-7-4-13-6-15-7)14-5-8-3-10(18)17-12(20)16-8/h3-4,6,9,14H,2,5H2,1H3,(H,13,15)(H2,16,17,18,20)/t9-/m0/s1. The van der Waals surface area contributed by atoms with E-state index in [1.165, 1.54) is 19.5 Å². The Labute approximate surface area is 118 Å². The van der Waals surface area contributed by atoms with E-state index in [-0.39, 0.29) is 6.54 Å². The van der Waals surface area contributed by atoms with E-state index in [0.29, 0.717) is 12.1 Å². The lowest BCUT2D eigenvalue weighted by Crippen LogP contribution is -2.40. The molecule has 2 rings (SSSR count). The van der Waals surface area contributed by atoms with Gasteiger partial charge in [-0.3, -0.25) is 19.9 Å². The van der Waals surface area contributed by atoms with Crippen LogP contribution in [-0.4, -0.2) is 39.1 Å². The SMILES string of the molecule is COC(=O)[C@H](Cc1cnc[nH]1)NCc1cc(=O)[nH]c(=O)[nH]1. The van der Waals surface area contributed by atoms with Gasteiger partial charge in [-0.1, -0.05) is 0 Å². The molecular formula is C12H15N5O4. The number of rotatable bonds is 6. The summed E-state index contributed by atoms with van der Waals surface area (Å²) < 4.78 is 4.72. The summed E-state index contributed by atoms with van der Waals surface area (Å²) in [6.45, 7) is 0.146. The lowest BCUT2D eigenvalue weighted by atomic mass is 10.1. The van der Waals surface area contributed by atoms with Crippen molar-refractivity contribution in [2.24, 2.45) is 0 Å². The highest BCUT2D eigenvalue weighted by Gasteiger charge is 2.19. The molecule has 0 radical (unpaired) electrons. The highest BCUT2D eigenvalue weighted by atomic mass is 16.5. The lowest BCUT2D eigenvalue weighted by molar-refractivity contribution is -0.143. The van der Waals surface area contributed by atoms with E-state index in [4.69, 9.17) is 4.74 Å². The average Bonchev–Trinajstić information content (AvgIpc) is 2.94. The number of imidazole rings is 1. The smallest absolute Gasteiger partial charge is 0.325 e. The van der Waals surface area contributed by atoms with Gasteiger partial charge in [-0.25, -0.2) is 9.78 Å². The molecule has 0 aliphatic rings. The predicted octanol–water partition coefficient (Wildman–Crippen LogP) is -1.34. The first kappa shape index (κ1) is 14.7. The Bertz CT molecular complexity index is 675. The molecule has 0 fully saturated rings. The van der Waals surface area contributed by atoms with E-state index in [9.17, 15) is 14.4 Å². The fourth-order valence-electron chi connectivity index (χ4n) is 1.85. The van der Waals surface area contributed by atoms with Crippen molar-refractivity contribution in [1.82, 2.24) is 25.3 Å². The van der Waals surface area contributed by atoms with Gasteiger partial charge < -0.3 is 14.7 Å². The topological polar surface area (TPSA) is 133 Å². The molecule has 0 spiro atoms. The first-order valence-corrected chi connectivity index (χ1v) is 6.19. The predicted molar refractivity (Wildman–Crippen MR) is 72.6 cm³/mol. The van der Waals surface area contributed by atoms with Crippen LogP contribution in [0.5, 0.6) is 0 Å². The van der Waals surface area contributed by atoms with Crippen LogP contribution < -0.4 is 16.6 Å². The van der Waals surface area contributed by atoms with Crippen molar-refractivity contribution in [3.63, 3.8) is 0 Å². The number of esters is 1. The summed E-state index contributed by atoms with van der Waals surface area (Å²) in [6.07, 6.45) is 3.46. The summed E-state index contributed by atoms with van der Waals surface area (Å²) in [5.41, 5.74) is 0.0424. The van der Waals surface area contributed by atoms with Gasteiger partial charge in [0.1, 0.15) is 6.04 Å². The third kappa shape index (κ3) is 4.14. The van der Waals surface area contributed by atoms with Crippen molar-refractivity contribution in [3.8, 4) is 0 Å². The van der Waals surface area contributed by atoms with Gasteiger partial charge in [0.15, 0.2) is 0 Å². The van der Waals surface area contributed by atoms with Crippen LogP contribution in [0.15, 0.2) is 28.2 Å². The molecular weight excluding hydrogens is 278 g/mol. The second kappa shape index (κ2) is 6.66. The number of carbonyl (C=O) groups is 1. The van der Waals surface area contributed by atoms with Crippen LogP contribution in [0.2, 0.25) is 0 Å². The monoisotopic (exact) mass is 293 g/mol. The minimum atomic E-state index is -0.627. The molecule has 1 atom stereocenters. The average molecular weight is 293 g/mol.